The topological polar surface area (TPSA) is 58.2 Å². The van der Waals surface area contributed by atoms with E-state index in [1.807, 2.05) is 0 Å². The quantitative estimate of drug-likeness (QED) is 0.804. The second-order valence-corrected chi connectivity index (χ2v) is 6.26. The van der Waals surface area contributed by atoms with Crippen LogP contribution in [-0.2, 0) is 22.3 Å². The average molecular weight is 348 g/mol. The van der Waals surface area contributed by atoms with E-state index in [-0.39, 0.29) is 17.4 Å². The van der Waals surface area contributed by atoms with Crippen molar-refractivity contribution in [3.05, 3.63) is 35.1 Å². The molecule has 0 spiro atoms. The van der Waals surface area contributed by atoms with Crippen molar-refractivity contribution in [2.24, 2.45) is 5.92 Å². The predicted molar refractivity (Wildman–Crippen MR) is 80.3 cm³/mol. The van der Waals surface area contributed by atoms with Gasteiger partial charge in [-0.25, -0.2) is 4.39 Å². The number of hydrogen-bond donors (Lipinski definition) is 2. The third-order valence-electron chi connectivity index (χ3n) is 3.34. The molecule has 2 N–H and O–H groups in total. The van der Waals surface area contributed by atoms with Crippen molar-refractivity contribution < 1.29 is 27.2 Å². The van der Waals surface area contributed by atoms with Gasteiger partial charge >= 0.3 is 6.18 Å². The fourth-order valence-electron chi connectivity index (χ4n) is 1.79. The second kappa shape index (κ2) is 7.19. The number of carbonyl (C=O) groups excluding carboxylic acids is 2. The molecule has 0 unspecified atom stereocenters. The summed E-state index contributed by atoms with van der Waals surface area (Å²) in [7, 11) is 0. The van der Waals surface area contributed by atoms with Gasteiger partial charge in [0.1, 0.15) is 11.4 Å². The van der Waals surface area contributed by atoms with Gasteiger partial charge in [0.25, 0.3) is 0 Å². The van der Waals surface area contributed by atoms with E-state index in [1.54, 1.807) is 13.8 Å². The molecule has 0 aliphatic carbocycles. The van der Waals surface area contributed by atoms with Gasteiger partial charge in [0.05, 0.1) is 5.56 Å². The number of benzene rings is 1. The van der Waals surface area contributed by atoms with Crippen molar-refractivity contribution in [2.45, 2.75) is 46.0 Å². The molecule has 134 valence electrons. The van der Waals surface area contributed by atoms with E-state index in [9.17, 15) is 27.2 Å². The minimum Gasteiger partial charge on any atom is -0.350 e. The highest BCUT2D eigenvalue weighted by atomic mass is 19.4. The van der Waals surface area contributed by atoms with Crippen LogP contribution in [0.25, 0.3) is 0 Å². The van der Waals surface area contributed by atoms with Crippen LogP contribution in [0.1, 0.15) is 38.8 Å². The summed E-state index contributed by atoms with van der Waals surface area (Å²) in [4.78, 5) is 23.8. The highest BCUT2D eigenvalue weighted by molar-refractivity contribution is 5.91. The Morgan fingerprint density at radius 3 is 2.25 bits per heavy atom. The molecule has 2 amide bonds. The van der Waals surface area contributed by atoms with Gasteiger partial charge in [-0.2, -0.15) is 13.2 Å². The highest BCUT2D eigenvalue weighted by Crippen LogP contribution is 2.30. The zero-order chi connectivity index (χ0) is 18.7. The number of hydrogen-bond acceptors (Lipinski definition) is 2. The lowest BCUT2D eigenvalue weighted by Crippen LogP contribution is -2.55. The van der Waals surface area contributed by atoms with Gasteiger partial charge in [-0.15, -0.1) is 0 Å². The molecule has 0 bridgehead atoms. The molecule has 1 aromatic carbocycles. The molecule has 0 heterocycles. The summed E-state index contributed by atoms with van der Waals surface area (Å²) in [5.41, 5.74) is -2.57. The molecule has 0 aliphatic heterocycles. The van der Waals surface area contributed by atoms with Gasteiger partial charge in [0.15, 0.2) is 0 Å². The number of rotatable bonds is 5. The average Bonchev–Trinajstić information content (AvgIpc) is 2.44. The Morgan fingerprint density at radius 1 is 1.17 bits per heavy atom. The first-order valence-corrected chi connectivity index (χ1v) is 7.30. The summed E-state index contributed by atoms with van der Waals surface area (Å²) in [6.45, 7) is 5.79. The van der Waals surface area contributed by atoms with Gasteiger partial charge in [-0.1, -0.05) is 13.8 Å². The van der Waals surface area contributed by atoms with Gasteiger partial charge in [0, 0.05) is 18.0 Å². The number of nitrogens with one attached hydrogen (secondary N) is 2. The molecule has 1 aromatic rings. The van der Waals surface area contributed by atoms with Crippen LogP contribution in [0.2, 0.25) is 0 Å². The van der Waals surface area contributed by atoms with Crippen molar-refractivity contribution >= 4 is 11.8 Å². The number of amides is 2. The molecule has 8 heteroatoms. The lowest BCUT2D eigenvalue weighted by Gasteiger charge is -2.26. The van der Waals surface area contributed by atoms with E-state index in [0.717, 1.165) is 0 Å². The molecule has 4 nitrogen and oxygen atoms in total. The van der Waals surface area contributed by atoms with Crippen LogP contribution in [0.3, 0.4) is 0 Å². The Morgan fingerprint density at radius 2 is 1.75 bits per heavy atom. The molecule has 1 rings (SSSR count). The van der Waals surface area contributed by atoms with E-state index >= 15 is 0 Å². The molecule has 0 fully saturated rings. The van der Waals surface area contributed by atoms with E-state index in [4.69, 9.17) is 0 Å². The van der Waals surface area contributed by atoms with Crippen molar-refractivity contribution in [2.75, 3.05) is 0 Å². The largest absolute Gasteiger partial charge is 0.416 e. The van der Waals surface area contributed by atoms with Gasteiger partial charge in [-0.3, -0.25) is 9.59 Å². The van der Waals surface area contributed by atoms with E-state index in [0.29, 0.717) is 18.2 Å². The Labute approximate surface area is 137 Å². The molecule has 0 atom stereocenters. The van der Waals surface area contributed by atoms with Crippen LogP contribution in [0.15, 0.2) is 18.2 Å². The number of alkyl halides is 3. The maximum Gasteiger partial charge on any atom is 0.416 e. The summed E-state index contributed by atoms with van der Waals surface area (Å²) in [6.07, 6.45) is -4.60. The number of halogens is 4. The van der Waals surface area contributed by atoms with Crippen molar-refractivity contribution in [1.82, 2.24) is 10.6 Å². The fourth-order valence-corrected chi connectivity index (χ4v) is 1.79. The summed E-state index contributed by atoms with van der Waals surface area (Å²) < 4.78 is 51.6. The Bertz CT molecular complexity index is 625. The first kappa shape index (κ1) is 19.9. The minimum absolute atomic E-state index is 0.288. The molecule has 0 saturated carbocycles. The lowest BCUT2D eigenvalue weighted by molar-refractivity contribution is -0.137. The zero-order valence-electron chi connectivity index (χ0n) is 13.8. The predicted octanol–water partition coefficient (Wildman–Crippen LogP) is 3.01. The van der Waals surface area contributed by atoms with Gasteiger partial charge < -0.3 is 10.6 Å². The van der Waals surface area contributed by atoms with E-state index < -0.39 is 35.5 Å². The Hall–Kier alpha value is -2.12. The summed E-state index contributed by atoms with van der Waals surface area (Å²) >= 11 is 0. The SMILES string of the molecule is CC(C)C(=O)NC(C)(C)C(=O)NCc1cc(C(F)(F)F)ccc1F. The minimum atomic E-state index is -4.60. The standard InChI is InChI=1S/C16H20F4N2O2/c1-9(2)13(23)22-15(3,4)14(24)21-8-10-7-11(16(18,19)20)5-6-12(10)17/h5-7,9H,8H2,1-4H3,(H,21,24)(H,22,23). The monoisotopic (exact) mass is 348 g/mol. The summed E-state index contributed by atoms with van der Waals surface area (Å²) in [5.74, 6) is -2.17. The third kappa shape index (κ3) is 5.21. The lowest BCUT2D eigenvalue weighted by atomic mass is 10.0. The van der Waals surface area contributed by atoms with Crippen LogP contribution in [0, 0.1) is 11.7 Å². The maximum absolute atomic E-state index is 13.6. The van der Waals surface area contributed by atoms with Crippen LogP contribution in [-0.4, -0.2) is 17.4 Å². The Balaban J connectivity index is 2.82. The second-order valence-electron chi connectivity index (χ2n) is 6.26. The van der Waals surface area contributed by atoms with Crippen LogP contribution >= 0.6 is 0 Å². The molecule has 0 radical (unpaired) electrons. The maximum atomic E-state index is 13.6. The van der Waals surface area contributed by atoms with Crippen molar-refractivity contribution in [3.8, 4) is 0 Å². The summed E-state index contributed by atoms with van der Waals surface area (Å²) in [5, 5.41) is 4.86. The first-order valence-electron chi connectivity index (χ1n) is 7.30. The molecule has 0 saturated heterocycles. The van der Waals surface area contributed by atoms with Crippen molar-refractivity contribution in [3.63, 3.8) is 0 Å². The van der Waals surface area contributed by atoms with E-state index in [2.05, 4.69) is 10.6 Å². The zero-order valence-corrected chi connectivity index (χ0v) is 13.8. The van der Waals surface area contributed by atoms with Gasteiger partial charge in [0.2, 0.25) is 11.8 Å². The van der Waals surface area contributed by atoms with Crippen LogP contribution in [0.5, 0.6) is 0 Å². The summed E-state index contributed by atoms with van der Waals surface area (Å²) in [6, 6.07) is 1.98. The molecule has 0 aliphatic rings. The van der Waals surface area contributed by atoms with Crippen molar-refractivity contribution in [1.29, 1.82) is 0 Å². The molecular weight excluding hydrogens is 328 g/mol. The molecule has 0 aromatic heterocycles. The molecule has 24 heavy (non-hydrogen) atoms. The first-order chi connectivity index (χ1) is 10.8. The fraction of sp³-hybridized carbons (Fsp3) is 0.500. The van der Waals surface area contributed by atoms with Gasteiger partial charge in [-0.05, 0) is 32.0 Å². The smallest absolute Gasteiger partial charge is 0.350 e. The molecular formula is C16H20F4N2O2. The third-order valence-corrected chi connectivity index (χ3v) is 3.34. The van der Waals surface area contributed by atoms with Crippen LogP contribution in [0.4, 0.5) is 17.6 Å². The number of carbonyl (C=O) groups is 2. The highest BCUT2D eigenvalue weighted by Gasteiger charge is 2.32. The Kier molecular flexibility index (Phi) is 5.97. The van der Waals surface area contributed by atoms with E-state index in [1.165, 1.54) is 13.8 Å². The normalized spacial score (nSPS) is 12.2. The van der Waals surface area contributed by atoms with Crippen LogP contribution < -0.4 is 10.6 Å².